The number of rotatable bonds is 11. The molecule has 0 saturated carbocycles. The highest BCUT2D eigenvalue weighted by Gasteiger charge is 2.15. The van der Waals surface area contributed by atoms with Crippen LogP contribution in [0.15, 0.2) is 0 Å². The minimum Gasteiger partial charge on any atom is -0.548 e. The third-order valence-corrected chi connectivity index (χ3v) is 1.88. The number of amides is 1. The number of hydrogen-bond donors (Lipinski definition) is 1. The minimum atomic E-state index is -1.25. The molecule has 0 bridgehead atoms. The normalized spacial score (nSPS) is 11.2. The summed E-state index contributed by atoms with van der Waals surface area (Å²) in [5.41, 5.74) is -0.516. The van der Waals surface area contributed by atoms with Gasteiger partial charge in [-0.2, -0.15) is 0 Å². The zero-order valence-electron chi connectivity index (χ0n) is 12.8. The number of alkyl carbamates (subject to hydrolysis) is 1. The highest BCUT2D eigenvalue weighted by Crippen LogP contribution is 2.05. The van der Waals surface area contributed by atoms with Crippen LogP contribution in [0.4, 0.5) is 4.79 Å². The van der Waals surface area contributed by atoms with E-state index in [9.17, 15) is 14.7 Å². The van der Waals surface area contributed by atoms with E-state index < -0.39 is 24.3 Å². The number of carboxylic acid groups (broad SMARTS) is 1. The first-order valence-corrected chi connectivity index (χ1v) is 6.71. The smallest absolute Gasteiger partial charge is 0.407 e. The number of hydrogen-bond acceptors (Lipinski definition) is 7. The van der Waals surface area contributed by atoms with E-state index in [1.807, 2.05) is 0 Å². The van der Waals surface area contributed by atoms with Crippen molar-refractivity contribution in [1.82, 2.24) is 5.32 Å². The molecule has 8 nitrogen and oxygen atoms in total. The van der Waals surface area contributed by atoms with Crippen molar-refractivity contribution < 1.29 is 33.6 Å². The van der Waals surface area contributed by atoms with Gasteiger partial charge in [0.25, 0.3) is 0 Å². The van der Waals surface area contributed by atoms with E-state index in [4.69, 9.17) is 18.9 Å². The molecular formula is C13H24NO7-. The lowest BCUT2D eigenvalue weighted by Gasteiger charge is -2.19. The van der Waals surface area contributed by atoms with Gasteiger partial charge in [0.2, 0.25) is 0 Å². The van der Waals surface area contributed by atoms with Crippen LogP contribution >= 0.6 is 0 Å². The van der Waals surface area contributed by atoms with Gasteiger partial charge in [-0.15, -0.1) is 0 Å². The first kappa shape index (κ1) is 19.6. The molecule has 1 amide bonds. The summed E-state index contributed by atoms with van der Waals surface area (Å²) in [6, 6.07) is 0. The summed E-state index contributed by atoms with van der Waals surface area (Å²) in [6.07, 6.45) is -0.479. The van der Waals surface area contributed by atoms with Gasteiger partial charge in [-0.1, -0.05) is 0 Å². The predicted molar refractivity (Wildman–Crippen MR) is 71.7 cm³/mol. The zero-order chi connectivity index (χ0) is 16.1. The maximum absolute atomic E-state index is 11.3. The molecule has 0 spiro atoms. The van der Waals surface area contributed by atoms with Gasteiger partial charge in [0, 0.05) is 6.54 Å². The van der Waals surface area contributed by atoms with Crippen molar-refractivity contribution in [3.63, 3.8) is 0 Å². The van der Waals surface area contributed by atoms with Crippen LogP contribution in [0, 0.1) is 0 Å². The van der Waals surface area contributed by atoms with E-state index in [1.165, 1.54) is 0 Å². The van der Waals surface area contributed by atoms with Crippen LogP contribution in [-0.4, -0.2) is 63.8 Å². The van der Waals surface area contributed by atoms with Crippen molar-refractivity contribution in [3.8, 4) is 0 Å². The molecule has 0 unspecified atom stereocenters. The first-order chi connectivity index (χ1) is 9.81. The number of ether oxygens (including phenoxy) is 4. The molecule has 0 aliphatic heterocycles. The molecule has 0 aromatic rings. The lowest BCUT2D eigenvalue weighted by atomic mass is 10.2. The van der Waals surface area contributed by atoms with Crippen LogP contribution in [0.3, 0.4) is 0 Å². The van der Waals surface area contributed by atoms with E-state index in [1.54, 1.807) is 20.8 Å². The van der Waals surface area contributed by atoms with Gasteiger partial charge in [-0.25, -0.2) is 4.79 Å². The number of carboxylic acids is 1. The molecule has 0 aliphatic carbocycles. The van der Waals surface area contributed by atoms with E-state index in [0.717, 1.165) is 0 Å². The van der Waals surface area contributed by atoms with Crippen LogP contribution in [0.5, 0.6) is 0 Å². The lowest BCUT2D eigenvalue weighted by Crippen LogP contribution is -2.34. The molecule has 0 aromatic carbocycles. The van der Waals surface area contributed by atoms with Crippen molar-refractivity contribution in [2.24, 2.45) is 0 Å². The fraction of sp³-hybridized carbons (Fsp3) is 0.846. The molecule has 8 heteroatoms. The van der Waals surface area contributed by atoms with Gasteiger partial charge in [0.15, 0.2) is 0 Å². The van der Waals surface area contributed by atoms with Crippen LogP contribution in [-0.2, 0) is 23.7 Å². The molecule has 21 heavy (non-hydrogen) atoms. The predicted octanol–water partition coefficient (Wildman–Crippen LogP) is -0.689. The second-order valence-electron chi connectivity index (χ2n) is 5.08. The van der Waals surface area contributed by atoms with E-state index >= 15 is 0 Å². The topological polar surface area (TPSA) is 106 Å². The fourth-order valence-electron chi connectivity index (χ4n) is 1.13. The second kappa shape index (κ2) is 11.3. The molecule has 0 rings (SSSR count). The molecule has 124 valence electrons. The molecule has 0 saturated heterocycles. The van der Waals surface area contributed by atoms with E-state index in [-0.39, 0.29) is 13.2 Å². The van der Waals surface area contributed by atoms with E-state index in [2.05, 4.69) is 5.32 Å². The van der Waals surface area contributed by atoms with Gasteiger partial charge in [-0.05, 0) is 20.8 Å². The first-order valence-electron chi connectivity index (χ1n) is 6.71. The molecule has 0 fully saturated rings. The molecule has 0 aliphatic rings. The van der Waals surface area contributed by atoms with E-state index in [0.29, 0.717) is 26.4 Å². The van der Waals surface area contributed by atoms with Gasteiger partial charge in [0.1, 0.15) is 5.60 Å². The Kier molecular flexibility index (Phi) is 10.6. The highest BCUT2D eigenvalue weighted by atomic mass is 16.6. The summed E-state index contributed by atoms with van der Waals surface area (Å²) in [6.45, 7) is 6.84. The van der Waals surface area contributed by atoms with Crippen molar-refractivity contribution in [1.29, 1.82) is 0 Å². The maximum atomic E-state index is 11.3. The molecule has 0 heterocycles. The van der Waals surface area contributed by atoms with Crippen molar-refractivity contribution in [2.75, 3.05) is 46.2 Å². The molecule has 0 atom stereocenters. The number of carbonyl (C=O) groups excluding carboxylic acids is 2. The van der Waals surface area contributed by atoms with Gasteiger partial charge >= 0.3 is 6.09 Å². The van der Waals surface area contributed by atoms with Crippen LogP contribution < -0.4 is 10.4 Å². The average molecular weight is 306 g/mol. The van der Waals surface area contributed by atoms with Crippen LogP contribution in [0.2, 0.25) is 0 Å². The Hall–Kier alpha value is -1.38. The van der Waals surface area contributed by atoms with Crippen molar-refractivity contribution >= 4 is 12.1 Å². The Morgan fingerprint density at radius 3 is 2.00 bits per heavy atom. The highest BCUT2D eigenvalue weighted by molar-refractivity contribution is 5.67. The Morgan fingerprint density at radius 2 is 1.48 bits per heavy atom. The molecular weight excluding hydrogens is 282 g/mol. The SMILES string of the molecule is CC(C)(C)OC(=O)NCCOCCOCCOCC(=O)[O-]. The Bertz CT molecular complexity index is 301. The standard InChI is InChI=1S/C13H25NO7/c1-13(2,3)21-12(17)14-4-5-18-6-7-19-8-9-20-10-11(15)16/h4-10H2,1-3H3,(H,14,17)(H,15,16)/p-1. The number of aliphatic carboxylic acids is 1. The van der Waals surface area contributed by atoms with Gasteiger partial charge in [0.05, 0.1) is 45.6 Å². The van der Waals surface area contributed by atoms with Crippen LogP contribution in [0.1, 0.15) is 20.8 Å². The zero-order valence-corrected chi connectivity index (χ0v) is 12.8. The summed E-state index contributed by atoms with van der Waals surface area (Å²) in [4.78, 5) is 21.3. The summed E-state index contributed by atoms with van der Waals surface area (Å²) >= 11 is 0. The Morgan fingerprint density at radius 1 is 0.952 bits per heavy atom. The number of nitrogens with one attached hydrogen (secondary N) is 1. The molecule has 1 N–H and O–H groups in total. The number of carbonyl (C=O) groups is 2. The lowest BCUT2D eigenvalue weighted by molar-refractivity contribution is -0.309. The summed E-state index contributed by atoms with van der Waals surface area (Å²) in [5, 5.41) is 12.6. The fourth-order valence-corrected chi connectivity index (χ4v) is 1.13. The quantitative estimate of drug-likeness (QED) is 0.504. The largest absolute Gasteiger partial charge is 0.548 e. The third-order valence-electron chi connectivity index (χ3n) is 1.88. The monoisotopic (exact) mass is 306 g/mol. The second-order valence-corrected chi connectivity index (χ2v) is 5.08. The Labute approximate surface area is 124 Å². The summed E-state index contributed by atoms with van der Waals surface area (Å²) < 4.78 is 20.1. The Balaban J connectivity index is 3.22. The third kappa shape index (κ3) is 16.6. The van der Waals surface area contributed by atoms with Crippen LogP contribution in [0.25, 0.3) is 0 Å². The van der Waals surface area contributed by atoms with Crippen molar-refractivity contribution in [2.45, 2.75) is 26.4 Å². The van der Waals surface area contributed by atoms with Gasteiger partial charge in [-0.3, -0.25) is 0 Å². The summed E-state index contributed by atoms with van der Waals surface area (Å²) in [5.74, 6) is -1.25. The van der Waals surface area contributed by atoms with Crippen molar-refractivity contribution in [3.05, 3.63) is 0 Å². The summed E-state index contributed by atoms with van der Waals surface area (Å²) in [7, 11) is 0. The molecule has 0 aromatic heterocycles. The van der Waals surface area contributed by atoms with Gasteiger partial charge < -0.3 is 34.2 Å². The average Bonchev–Trinajstić information content (AvgIpc) is 2.33. The maximum Gasteiger partial charge on any atom is 0.407 e. The minimum absolute atomic E-state index is 0.189. The molecule has 0 radical (unpaired) electrons.